The summed E-state index contributed by atoms with van der Waals surface area (Å²) in [5.74, 6) is -1.11. The predicted molar refractivity (Wildman–Crippen MR) is 93.0 cm³/mol. The Morgan fingerprint density at radius 3 is 2.67 bits per heavy atom. The minimum Gasteiger partial charge on any atom is -0.322 e. The Labute approximate surface area is 138 Å². The summed E-state index contributed by atoms with van der Waals surface area (Å²) in [5, 5.41) is 3.58. The molecule has 1 heterocycles. The molecule has 1 aromatic heterocycles. The fourth-order valence-electron chi connectivity index (χ4n) is 2.85. The van der Waals surface area contributed by atoms with E-state index < -0.39 is 11.7 Å². The number of fused-ring (bicyclic) bond motifs is 1. The van der Waals surface area contributed by atoms with Crippen molar-refractivity contribution in [1.82, 2.24) is 4.98 Å². The normalized spacial score (nSPS) is 10.8. The van der Waals surface area contributed by atoms with Crippen molar-refractivity contribution in [3.8, 4) is 0 Å². The van der Waals surface area contributed by atoms with Crippen molar-refractivity contribution in [2.24, 2.45) is 0 Å². The first kappa shape index (κ1) is 15.9. The molecule has 5 heteroatoms. The predicted octanol–water partition coefficient (Wildman–Crippen LogP) is 3.79. The van der Waals surface area contributed by atoms with E-state index in [2.05, 4.69) is 10.3 Å². The van der Waals surface area contributed by atoms with Gasteiger partial charge in [0.25, 0.3) is 11.5 Å². The van der Waals surface area contributed by atoms with Crippen LogP contribution in [-0.4, -0.2) is 10.9 Å². The highest BCUT2D eigenvalue weighted by atomic mass is 19.1. The molecule has 2 aromatic carbocycles. The van der Waals surface area contributed by atoms with Crippen LogP contribution in [0.5, 0.6) is 0 Å². The molecule has 0 fully saturated rings. The Hall–Kier alpha value is -2.95. The van der Waals surface area contributed by atoms with E-state index in [-0.39, 0.29) is 11.1 Å². The molecule has 3 aromatic rings. The number of aromatic amines is 1. The number of amides is 1. The number of rotatable bonds is 3. The number of hydrogen-bond acceptors (Lipinski definition) is 2. The van der Waals surface area contributed by atoms with E-state index in [4.69, 9.17) is 0 Å². The summed E-state index contributed by atoms with van der Waals surface area (Å²) < 4.78 is 13.7. The Kier molecular flexibility index (Phi) is 4.16. The molecule has 24 heavy (non-hydrogen) atoms. The topological polar surface area (TPSA) is 62.0 Å². The smallest absolute Gasteiger partial charge is 0.258 e. The quantitative estimate of drug-likeness (QED) is 0.770. The molecule has 1 amide bonds. The van der Waals surface area contributed by atoms with Gasteiger partial charge in [-0.1, -0.05) is 25.1 Å². The number of hydrogen-bond donors (Lipinski definition) is 2. The largest absolute Gasteiger partial charge is 0.322 e. The number of nitrogens with one attached hydrogen (secondary N) is 2. The maximum atomic E-state index is 13.7. The number of aryl methyl sites for hydroxylation is 1. The molecule has 0 aliphatic heterocycles. The minimum absolute atomic E-state index is 0.0244. The Morgan fingerprint density at radius 1 is 1.21 bits per heavy atom. The number of carbonyl (C=O) groups is 1. The van der Waals surface area contributed by atoms with Crippen LogP contribution >= 0.6 is 0 Å². The number of anilines is 1. The van der Waals surface area contributed by atoms with Gasteiger partial charge in [0.05, 0.1) is 11.1 Å². The van der Waals surface area contributed by atoms with Gasteiger partial charge in [0.15, 0.2) is 0 Å². The molecule has 0 atom stereocenters. The van der Waals surface area contributed by atoms with Gasteiger partial charge in [0.1, 0.15) is 5.82 Å². The molecule has 2 N–H and O–H groups in total. The van der Waals surface area contributed by atoms with Crippen LogP contribution in [0.4, 0.5) is 10.1 Å². The summed E-state index contributed by atoms with van der Waals surface area (Å²) in [6.07, 6.45) is 0.656. The molecule has 0 bridgehead atoms. The minimum atomic E-state index is -0.576. The summed E-state index contributed by atoms with van der Waals surface area (Å²) in [4.78, 5) is 27.1. The van der Waals surface area contributed by atoms with Gasteiger partial charge < -0.3 is 10.3 Å². The lowest BCUT2D eigenvalue weighted by Gasteiger charge is -2.10. The van der Waals surface area contributed by atoms with Crippen molar-refractivity contribution >= 4 is 22.5 Å². The van der Waals surface area contributed by atoms with Crippen LogP contribution in [0.1, 0.15) is 28.4 Å². The van der Waals surface area contributed by atoms with Crippen LogP contribution < -0.4 is 10.9 Å². The summed E-state index contributed by atoms with van der Waals surface area (Å²) in [5.41, 5.74) is 2.67. The third-order valence-corrected chi connectivity index (χ3v) is 4.13. The van der Waals surface area contributed by atoms with Gasteiger partial charge in [-0.25, -0.2) is 4.39 Å². The fraction of sp³-hybridized carbons (Fsp3) is 0.158. The molecular weight excluding hydrogens is 307 g/mol. The Balaban J connectivity index is 1.99. The maximum Gasteiger partial charge on any atom is 0.258 e. The van der Waals surface area contributed by atoms with Crippen molar-refractivity contribution in [2.45, 2.75) is 20.3 Å². The fourth-order valence-corrected chi connectivity index (χ4v) is 2.85. The summed E-state index contributed by atoms with van der Waals surface area (Å²) in [7, 11) is 0. The standard InChI is InChI=1S/C19H17FN2O2/c1-3-13-11(2)14-9-8-12(10-17(14)22-18(13)23)21-19(24)15-6-4-5-7-16(15)20/h4-10H,3H2,1-2H3,(H,21,24)(H,22,23). The molecule has 3 rings (SSSR count). The van der Waals surface area contributed by atoms with Crippen LogP contribution in [0.3, 0.4) is 0 Å². The van der Waals surface area contributed by atoms with Crippen molar-refractivity contribution in [3.05, 3.63) is 75.3 Å². The van der Waals surface area contributed by atoms with E-state index in [1.54, 1.807) is 18.2 Å². The zero-order valence-electron chi connectivity index (χ0n) is 13.4. The molecule has 122 valence electrons. The van der Waals surface area contributed by atoms with Gasteiger partial charge in [0.2, 0.25) is 0 Å². The third-order valence-electron chi connectivity index (χ3n) is 4.13. The van der Waals surface area contributed by atoms with Crippen molar-refractivity contribution in [2.75, 3.05) is 5.32 Å². The summed E-state index contributed by atoms with van der Waals surface area (Å²) in [6, 6.07) is 11.1. The highest BCUT2D eigenvalue weighted by molar-refractivity contribution is 6.05. The second-order valence-corrected chi connectivity index (χ2v) is 5.61. The Morgan fingerprint density at radius 2 is 1.96 bits per heavy atom. The van der Waals surface area contributed by atoms with Gasteiger partial charge in [-0.2, -0.15) is 0 Å². The van der Waals surface area contributed by atoms with Crippen molar-refractivity contribution < 1.29 is 9.18 Å². The highest BCUT2D eigenvalue weighted by Crippen LogP contribution is 2.22. The number of H-pyrrole nitrogens is 1. The van der Waals surface area contributed by atoms with E-state index in [1.165, 1.54) is 18.2 Å². The number of aromatic nitrogens is 1. The molecule has 0 aliphatic rings. The molecular formula is C19H17FN2O2. The van der Waals surface area contributed by atoms with Gasteiger partial charge >= 0.3 is 0 Å². The zero-order chi connectivity index (χ0) is 17.3. The van der Waals surface area contributed by atoms with Crippen LogP contribution in [-0.2, 0) is 6.42 Å². The summed E-state index contributed by atoms with van der Waals surface area (Å²) in [6.45, 7) is 3.85. The van der Waals surface area contributed by atoms with Crippen molar-refractivity contribution in [1.29, 1.82) is 0 Å². The third kappa shape index (κ3) is 2.80. The molecule has 0 aliphatic carbocycles. The van der Waals surface area contributed by atoms with Crippen molar-refractivity contribution in [3.63, 3.8) is 0 Å². The highest BCUT2D eigenvalue weighted by Gasteiger charge is 2.12. The van der Waals surface area contributed by atoms with E-state index in [9.17, 15) is 14.0 Å². The molecule has 0 saturated heterocycles. The SMILES string of the molecule is CCc1c(C)c2ccc(NC(=O)c3ccccc3F)cc2[nH]c1=O. The average molecular weight is 324 g/mol. The second kappa shape index (κ2) is 6.28. The molecule has 0 unspecified atom stereocenters. The zero-order valence-corrected chi connectivity index (χ0v) is 13.4. The molecule has 4 nitrogen and oxygen atoms in total. The lowest BCUT2D eigenvalue weighted by Crippen LogP contribution is -2.15. The first-order chi connectivity index (χ1) is 11.5. The first-order valence-corrected chi connectivity index (χ1v) is 7.72. The number of carbonyl (C=O) groups excluding carboxylic acids is 1. The lowest BCUT2D eigenvalue weighted by atomic mass is 10.0. The van der Waals surface area contributed by atoms with E-state index in [0.717, 1.165) is 16.5 Å². The molecule has 0 radical (unpaired) electrons. The van der Waals surface area contributed by atoms with E-state index >= 15 is 0 Å². The first-order valence-electron chi connectivity index (χ1n) is 7.72. The van der Waals surface area contributed by atoms with Gasteiger partial charge in [-0.05, 0) is 43.2 Å². The summed E-state index contributed by atoms with van der Waals surface area (Å²) >= 11 is 0. The van der Waals surface area contributed by atoms with Crippen LogP contribution in [0.2, 0.25) is 0 Å². The Bertz CT molecular complexity index is 992. The molecule has 0 saturated carbocycles. The lowest BCUT2D eigenvalue weighted by molar-refractivity contribution is 0.102. The van der Waals surface area contributed by atoms with Gasteiger partial charge in [0, 0.05) is 16.6 Å². The van der Waals surface area contributed by atoms with Gasteiger partial charge in [-0.15, -0.1) is 0 Å². The van der Waals surface area contributed by atoms with Crippen LogP contribution in [0, 0.1) is 12.7 Å². The number of pyridine rings is 1. The van der Waals surface area contributed by atoms with Gasteiger partial charge in [-0.3, -0.25) is 9.59 Å². The second-order valence-electron chi connectivity index (χ2n) is 5.61. The monoisotopic (exact) mass is 324 g/mol. The molecule has 0 spiro atoms. The number of halogens is 1. The van der Waals surface area contributed by atoms with Crippen LogP contribution in [0.15, 0.2) is 47.3 Å². The van der Waals surface area contributed by atoms with E-state index in [1.807, 2.05) is 19.9 Å². The number of benzene rings is 2. The average Bonchev–Trinajstić information content (AvgIpc) is 2.55. The maximum absolute atomic E-state index is 13.7. The van der Waals surface area contributed by atoms with Crippen LogP contribution in [0.25, 0.3) is 10.9 Å². The van der Waals surface area contributed by atoms with E-state index in [0.29, 0.717) is 17.6 Å².